The van der Waals surface area contributed by atoms with E-state index in [2.05, 4.69) is 10.3 Å². The highest BCUT2D eigenvalue weighted by atomic mass is 16.4. The normalized spacial score (nSPS) is 20.1. The van der Waals surface area contributed by atoms with Crippen LogP contribution >= 0.6 is 0 Å². The summed E-state index contributed by atoms with van der Waals surface area (Å²) in [7, 11) is 0. The summed E-state index contributed by atoms with van der Waals surface area (Å²) in [5, 5.41) is 11.9. The van der Waals surface area contributed by atoms with E-state index < -0.39 is 5.97 Å². The molecule has 7 heteroatoms. The molecule has 1 fully saturated rings. The Bertz CT molecular complexity index is 703. The van der Waals surface area contributed by atoms with Gasteiger partial charge in [0.05, 0.1) is 18.7 Å². The molecular formula is C17H22N4O3. The molecule has 24 heavy (non-hydrogen) atoms. The van der Waals surface area contributed by atoms with Gasteiger partial charge in [-0.15, -0.1) is 0 Å². The van der Waals surface area contributed by atoms with Crippen LogP contribution in [-0.4, -0.2) is 56.4 Å². The lowest BCUT2D eigenvalue weighted by Gasteiger charge is -2.42. The molecule has 0 bridgehead atoms. The second-order valence-electron chi connectivity index (χ2n) is 6.22. The maximum absolute atomic E-state index is 12.1. The lowest BCUT2D eigenvalue weighted by Crippen LogP contribution is -2.55. The second-order valence-corrected chi connectivity index (χ2v) is 6.22. The first-order valence-corrected chi connectivity index (χ1v) is 8.23. The van der Waals surface area contributed by atoms with Crippen molar-refractivity contribution >= 4 is 17.5 Å². The number of pyridine rings is 1. The highest BCUT2D eigenvalue weighted by Crippen LogP contribution is 2.25. The fourth-order valence-electron chi connectivity index (χ4n) is 3.19. The summed E-state index contributed by atoms with van der Waals surface area (Å²) in [4.78, 5) is 29.3. The summed E-state index contributed by atoms with van der Waals surface area (Å²) in [6.07, 6.45) is 5.64. The number of hydrogen-bond donors (Lipinski definition) is 2. The van der Waals surface area contributed by atoms with Gasteiger partial charge in [-0.1, -0.05) is 13.0 Å². The Morgan fingerprint density at radius 1 is 1.42 bits per heavy atom. The van der Waals surface area contributed by atoms with Gasteiger partial charge in [-0.2, -0.15) is 0 Å². The molecule has 0 radical (unpaired) electrons. The number of hydrogen-bond acceptors (Lipinski definition) is 4. The number of carboxylic acid groups (broad SMARTS) is 1. The highest BCUT2D eigenvalue weighted by molar-refractivity contribution is 5.78. The van der Waals surface area contributed by atoms with Crippen LogP contribution in [0.4, 0.5) is 0 Å². The molecule has 1 aliphatic carbocycles. The van der Waals surface area contributed by atoms with Gasteiger partial charge in [0.15, 0.2) is 0 Å². The molecule has 3 rings (SSSR count). The van der Waals surface area contributed by atoms with E-state index in [-0.39, 0.29) is 31.0 Å². The topological polar surface area (TPSA) is 86.9 Å². The lowest BCUT2D eigenvalue weighted by molar-refractivity contribution is -0.139. The predicted molar refractivity (Wildman–Crippen MR) is 88.7 cm³/mol. The maximum atomic E-state index is 12.1. The van der Waals surface area contributed by atoms with Crippen LogP contribution in [0, 0.1) is 0 Å². The Labute approximate surface area is 140 Å². The highest BCUT2D eigenvalue weighted by Gasteiger charge is 2.34. The van der Waals surface area contributed by atoms with Crippen LogP contribution < -0.4 is 5.32 Å². The average molecular weight is 330 g/mol. The molecule has 0 saturated heterocycles. The van der Waals surface area contributed by atoms with Crippen molar-refractivity contribution in [1.82, 2.24) is 19.6 Å². The smallest absolute Gasteiger partial charge is 0.317 e. The number of likely N-dealkylation sites (N-methyl/N-ethyl adjacent to an activating group) is 1. The van der Waals surface area contributed by atoms with Gasteiger partial charge in [0.2, 0.25) is 5.91 Å². The standard InChI is InChI=1S/C17H22N4O3/c1-2-20(11-17(23)24)14-7-12(8-14)19-16(22)9-13-10-21-6-4-3-5-15(21)18-13/h3-6,10,12,14H,2,7-9,11H2,1H3,(H,19,22)(H,23,24). The van der Waals surface area contributed by atoms with Crippen LogP contribution in [0.2, 0.25) is 0 Å². The van der Waals surface area contributed by atoms with Gasteiger partial charge in [0, 0.05) is 24.5 Å². The minimum Gasteiger partial charge on any atom is -0.480 e. The molecule has 7 nitrogen and oxygen atoms in total. The fraction of sp³-hybridized carbons (Fsp3) is 0.471. The summed E-state index contributed by atoms with van der Waals surface area (Å²) in [6, 6.07) is 6.11. The predicted octanol–water partition coefficient (Wildman–Crippen LogP) is 0.931. The average Bonchev–Trinajstić information content (AvgIpc) is 2.90. The first-order chi connectivity index (χ1) is 11.5. The van der Waals surface area contributed by atoms with Gasteiger partial charge in [-0.3, -0.25) is 14.5 Å². The Morgan fingerprint density at radius 2 is 2.21 bits per heavy atom. The Balaban J connectivity index is 1.47. The SMILES string of the molecule is CCN(CC(=O)O)C1CC(NC(=O)Cc2cn3ccccc3n2)C1. The van der Waals surface area contributed by atoms with Crippen molar-refractivity contribution in [2.75, 3.05) is 13.1 Å². The third-order valence-corrected chi connectivity index (χ3v) is 4.49. The van der Waals surface area contributed by atoms with E-state index in [1.165, 1.54) is 0 Å². The molecule has 128 valence electrons. The zero-order chi connectivity index (χ0) is 17.1. The third-order valence-electron chi connectivity index (χ3n) is 4.49. The van der Waals surface area contributed by atoms with Gasteiger partial charge in [-0.05, 0) is 31.5 Å². The molecule has 2 aromatic heterocycles. The first-order valence-electron chi connectivity index (χ1n) is 8.23. The zero-order valence-electron chi connectivity index (χ0n) is 13.7. The monoisotopic (exact) mass is 330 g/mol. The summed E-state index contributed by atoms with van der Waals surface area (Å²) in [5.74, 6) is -0.848. The van der Waals surface area contributed by atoms with Crippen LogP contribution in [0.25, 0.3) is 5.65 Å². The Morgan fingerprint density at radius 3 is 2.88 bits per heavy atom. The third kappa shape index (κ3) is 3.73. The van der Waals surface area contributed by atoms with Crippen molar-refractivity contribution < 1.29 is 14.7 Å². The van der Waals surface area contributed by atoms with Crippen LogP contribution in [-0.2, 0) is 16.0 Å². The van der Waals surface area contributed by atoms with E-state index >= 15 is 0 Å². The molecule has 0 spiro atoms. The minimum atomic E-state index is -0.809. The number of aliphatic carboxylic acids is 1. The molecule has 0 unspecified atom stereocenters. The molecule has 2 aromatic rings. The van der Waals surface area contributed by atoms with Gasteiger partial charge < -0.3 is 14.8 Å². The van der Waals surface area contributed by atoms with Crippen molar-refractivity contribution in [2.45, 2.75) is 38.3 Å². The molecule has 2 heterocycles. The molecular weight excluding hydrogens is 308 g/mol. The number of nitrogens with zero attached hydrogens (tertiary/aromatic N) is 3. The molecule has 2 N–H and O–H groups in total. The van der Waals surface area contributed by atoms with Crippen molar-refractivity contribution in [2.24, 2.45) is 0 Å². The number of carbonyl (C=O) groups is 2. The number of imidazole rings is 1. The quantitative estimate of drug-likeness (QED) is 0.789. The fourth-order valence-corrected chi connectivity index (χ4v) is 3.19. The number of carbonyl (C=O) groups excluding carboxylic acids is 1. The Kier molecular flexibility index (Phi) is 4.80. The lowest BCUT2D eigenvalue weighted by atomic mass is 9.85. The van der Waals surface area contributed by atoms with Crippen molar-refractivity contribution in [3.05, 3.63) is 36.3 Å². The van der Waals surface area contributed by atoms with Crippen LogP contribution in [0.5, 0.6) is 0 Å². The summed E-state index contributed by atoms with van der Waals surface area (Å²) in [5.41, 5.74) is 1.58. The van der Waals surface area contributed by atoms with Gasteiger partial charge in [0.1, 0.15) is 5.65 Å². The number of nitrogens with one attached hydrogen (secondary N) is 1. The summed E-state index contributed by atoms with van der Waals surface area (Å²) >= 11 is 0. The summed E-state index contributed by atoms with van der Waals surface area (Å²) in [6.45, 7) is 2.72. The van der Waals surface area contributed by atoms with Gasteiger partial charge in [-0.25, -0.2) is 4.98 Å². The molecule has 1 amide bonds. The van der Waals surface area contributed by atoms with E-state index in [9.17, 15) is 9.59 Å². The van der Waals surface area contributed by atoms with Crippen LogP contribution in [0.15, 0.2) is 30.6 Å². The number of aromatic nitrogens is 2. The number of rotatable bonds is 7. The molecule has 0 atom stereocenters. The molecule has 0 aliphatic heterocycles. The molecule has 1 aliphatic rings. The van der Waals surface area contributed by atoms with Gasteiger partial charge in [0.25, 0.3) is 0 Å². The Hall–Kier alpha value is -2.41. The zero-order valence-corrected chi connectivity index (χ0v) is 13.7. The number of carboxylic acids is 1. The number of fused-ring (bicyclic) bond motifs is 1. The van der Waals surface area contributed by atoms with Crippen molar-refractivity contribution in [1.29, 1.82) is 0 Å². The van der Waals surface area contributed by atoms with Crippen molar-refractivity contribution in [3.63, 3.8) is 0 Å². The molecule has 0 aromatic carbocycles. The van der Waals surface area contributed by atoms with E-state index in [1.54, 1.807) is 0 Å². The van der Waals surface area contributed by atoms with E-state index in [4.69, 9.17) is 5.11 Å². The van der Waals surface area contributed by atoms with E-state index in [1.807, 2.05) is 46.8 Å². The largest absolute Gasteiger partial charge is 0.480 e. The van der Waals surface area contributed by atoms with Crippen molar-refractivity contribution in [3.8, 4) is 0 Å². The maximum Gasteiger partial charge on any atom is 0.317 e. The van der Waals surface area contributed by atoms with E-state index in [0.29, 0.717) is 6.54 Å². The first kappa shape index (κ1) is 16.4. The van der Waals surface area contributed by atoms with Crippen LogP contribution in [0.1, 0.15) is 25.5 Å². The van der Waals surface area contributed by atoms with Gasteiger partial charge >= 0.3 is 5.97 Å². The van der Waals surface area contributed by atoms with Crippen LogP contribution in [0.3, 0.4) is 0 Å². The summed E-state index contributed by atoms with van der Waals surface area (Å²) < 4.78 is 1.90. The second kappa shape index (κ2) is 7.00. The minimum absolute atomic E-state index is 0.0388. The molecule has 1 saturated carbocycles. The van der Waals surface area contributed by atoms with E-state index in [0.717, 1.165) is 24.2 Å². The number of amides is 1.